The van der Waals surface area contributed by atoms with Gasteiger partial charge in [-0.15, -0.1) is 0 Å². The van der Waals surface area contributed by atoms with E-state index < -0.39 is 10.0 Å². The normalized spacial score (nSPS) is 13.4. The molecule has 0 aliphatic rings. The van der Waals surface area contributed by atoms with Gasteiger partial charge in [0.25, 0.3) is 0 Å². The molecule has 28 heavy (non-hydrogen) atoms. The number of anilines is 1. The zero-order valence-corrected chi connectivity index (χ0v) is 18.2. The van der Waals surface area contributed by atoms with E-state index in [1.54, 1.807) is 0 Å². The molecule has 0 aliphatic heterocycles. The van der Waals surface area contributed by atoms with Crippen molar-refractivity contribution in [1.29, 1.82) is 0 Å². The standard InChI is InChI=1S/C20H23Cl2N3O2S/c1-12(2)18(11-25-10-13(3)15-6-4-5-7-19(15)25)24-28(26,27)20-16(22)8-14(21)9-17(20)23/h4-10,12,18,24H,11,23H2,1-3H3. The summed E-state index contributed by atoms with van der Waals surface area (Å²) < 4.78 is 30.9. The second kappa shape index (κ2) is 7.95. The Balaban J connectivity index is 1.95. The van der Waals surface area contributed by atoms with Crippen LogP contribution >= 0.6 is 23.2 Å². The summed E-state index contributed by atoms with van der Waals surface area (Å²) in [6, 6.07) is 10.5. The SMILES string of the molecule is Cc1cn(CC(NS(=O)(=O)c2c(N)cc(Cl)cc2Cl)C(C)C)c2ccccc12. The third-order valence-corrected chi connectivity index (χ3v) is 7.03. The van der Waals surface area contributed by atoms with Gasteiger partial charge in [-0.3, -0.25) is 0 Å². The highest BCUT2D eigenvalue weighted by molar-refractivity contribution is 7.89. The number of sulfonamides is 1. The molecule has 0 saturated heterocycles. The first kappa shape index (κ1) is 21.0. The number of hydrogen-bond donors (Lipinski definition) is 2. The van der Waals surface area contributed by atoms with Gasteiger partial charge in [-0.25, -0.2) is 13.1 Å². The lowest BCUT2D eigenvalue weighted by atomic mass is 10.1. The van der Waals surface area contributed by atoms with Crippen LogP contribution in [0.25, 0.3) is 10.9 Å². The highest BCUT2D eigenvalue weighted by Gasteiger charge is 2.27. The zero-order chi connectivity index (χ0) is 20.6. The van der Waals surface area contributed by atoms with E-state index >= 15 is 0 Å². The molecule has 0 spiro atoms. The molecule has 8 heteroatoms. The van der Waals surface area contributed by atoms with Gasteiger partial charge in [-0.05, 0) is 36.6 Å². The fourth-order valence-electron chi connectivity index (χ4n) is 3.30. The maximum Gasteiger partial charge on any atom is 0.244 e. The van der Waals surface area contributed by atoms with Gasteiger partial charge in [0.1, 0.15) is 4.90 Å². The number of fused-ring (bicyclic) bond motifs is 1. The summed E-state index contributed by atoms with van der Waals surface area (Å²) >= 11 is 12.0. The van der Waals surface area contributed by atoms with E-state index in [1.165, 1.54) is 12.1 Å². The quantitative estimate of drug-likeness (QED) is 0.539. The lowest BCUT2D eigenvalue weighted by Crippen LogP contribution is -2.41. The first-order valence-corrected chi connectivity index (χ1v) is 11.2. The Morgan fingerprint density at radius 1 is 1.18 bits per heavy atom. The van der Waals surface area contributed by atoms with E-state index in [2.05, 4.69) is 15.4 Å². The Kier molecular flexibility index (Phi) is 5.96. The molecule has 3 N–H and O–H groups in total. The van der Waals surface area contributed by atoms with Crippen LogP contribution in [0.1, 0.15) is 19.4 Å². The van der Waals surface area contributed by atoms with Gasteiger partial charge in [0.05, 0.1) is 10.7 Å². The Labute approximate surface area is 175 Å². The molecule has 0 bridgehead atoms. The van der Waals surface area contributed by atoms with Crippen molar-refractivity contribution in [3.05, 3.63) is 58.2 Å². The Hall–Kier alpha value is -1.73. The number of nitrogens with zero attached hydrogens (tertiary/aromatic N) is 1. The van der Waals surface area contributed by atoms with Gasteiger partial charge in [0, 0.05) is 34.7 Å². The number of aromatic nitrogens is 1. The van der Waals surface area contributed by atoms with Gasteiger partial charge >= 0.3 is 0 Å². The summed E-state index contributed by atoms with van der Waals surface area (Å²) in [5, 5.41) is 1.44. The van der Waals surface area contributed by atoms with Crippen LogP contribution in [0.2, 0.25) is 10.0 Å². The molecule has 3 aromatic rings. The molecule has 0 fully saturated rings. The number of benzene rings is 2. The predicted molar refractivity (Wildman–Crippen MR) is 116 cm³/mol. The van der Waals surface area contributed by atoms with Gasteiger partial charge in [-0.2, -0.15) is 0 Å². The van der Waals surface area contributed by atoms with Crippen LogP contribution in [0.3, 0.4) is 0 Å². The van der Waals surface area contributed by atoms with Crippen molar-refractivity contribution in [3.8, 4) is 0 Å². The number of aryl methyl sites for hydroxylation is 1. The van der Waals surface area contributed by atoms with Crippen LogP contribution in [0.15, 0.2) is 47.5 Å². The molecule has 1 unspecified atom stereocenters. The molecule has 2 aromatic carbocycles. The number of nitrogen functional groups attached to an aromatic ring is 1. The molecule has 150 valence electrons. The van der Waals surface area contributed by atoms with Crippen molar-refractivity contribution in [1.82, 2.24) is 9.29 Å². The molecule has 0 aliphatic carbocycles. The third kappa shape index (κ3) is 4.15. The summed E-state index contributed by atoms with van der Waals surface area (Å²) in [6.45, 7) is 6.47. The number of nitrogens with two attached hydrogens (primary N) is 1. The van der Waals surface area contributed by atoms with Gasteiger partial charge in [0.2, 0.25) is 10.0 Å². The van der Waals surface area contributed by atoms with Gasteiger partial charge in [-0.1, -0.05) is 55.2 Å². The predicted octanol–water partition coefficient (Wildman–Crippen LogP) is 4.84. The van der Waals surface area contributed by atoms with Crippen molar-refractivity contribution in [2.24, 2.45) is 5.92 Å². The fraction of sp³-hybridized carbons (Fsp3) is 0.300. The molecular formula is C20H23Cl2N3O2S. The number of rotatable bonds is 6. The summed E-state index contributed by atoms with van der Waals surface area (Å²) in [7, 11) is -3.93. The third-order valence-electron chi connectivity index (χ3n) is 4.80. The average Bonchev–Trinajstić information content (AvgIpc) is 2.89. The fourth-order valence-corrected chi connectivity index (χ4v) is 5.66. The molecule has 3 rings (SSSR count). The van der Waals surface area contributed by atoms with E-state index in [9.17, 15) is 8.42 Å². The van der Waals surface area contributed by atoms with Crippen LogP contribution in [0.5, 0.6) is 0 Å². The minimum Gasteiger partial charge on any atom is -0.398 e. The molecular weight excluding hydrogens is 417 g/mol. The van der Waals surface area contributed by atoms with Crippen LogP contribution < -0.4 is 10.5 Å². The molecule has 0 saturated carbocycles. The first-order chi connectivity index (χ1) is 13.1. The maximum absolute atomic E-state index is 13.0. The molecule has 1 heterocycles. The molecule has 5 nitrogen and oxygen atoms in total. The van der Waals surface area contributed by atoms with Gasteiger partial charge < -0.3 is 10.3 Å². The summed E-state index contributed by atoms with van der Waals surface area (Å²) in [5.41, 5.74) is 8.13. The second-order valence-electron chi connectivity index (χ2n) is 7.26. The summed E-state index contributed by atoms with van der Waals surface area (Å²) in [5.74, 6) is 0.0449. The molecule has 0 amide bonds. The number of para-hydroxylation sites is 1. The van der Waals surface area contributed by atoms with Crippen LogP contribution in [0, 0.1) is 12.8 Å². The van der Waals surface area contributed by atoms with Crippen molar-refractivity contribution >= 4 is 49.8 Å². The zero-order valence-electron chi connectivity index (χ0n) is 15.9. The van der Waals surface area contributed by atoms with Crippen LogP contribution in [0.4, 0.5) is 5.69 Å². The highest BCUT2D eigenvalue weighted by atomic mass is 35.5. The van der Waals surface area contributed by atoms with Crippen molar-refractivity contribution in [2.45, 2.75) is 38.3 Å². The van der Waals surface area contributed by atoms with Crippen LogP contribution in [-0.4, -0.2) is 19.0 Å². The van der Waals surface area contributed by atoms with E-state index in [0.717, 1.165) is 16.5 Å². The Morgan fingerprint density at radius 2 is 1.86 bits per heavy atom. The van der Waals surface area contributed by atoms with E-state index in [1.807, 2.05) is 45.2 Å². The van der Waals surface area contributed by atoms with E-state index in [0.29, 0.717) is 6.54 Å². The van der Waals surface area contributed by atoms with Crippen molar-refractivity contribution < 1.29 is 8.42 Å². The number of halogens is 2. The van der Waals surface area contributed by atoms with Crippen molar-refractivity contribution in [2.75, 3.05) is 5.73 Å². The molecule has 1 aromatic heterocycles. The van der Waals surface area contributed by atoms with E-state index in [4.69, 9.17) is 28.9 Å². The topological polar surface area (TPSA) is 77.1 Å². The lowest BCUT2D eigenvalue weighted by Gasteiger charge is -2.24. The monoisotopic (exact) mass is 439 g/mol. The average molecular weight is 440 g/mol. The highest BCUT2D eigenvalue weighted by Crippen LogP contribution is 2.31. The van der Waals surface area contributed by atoms with E-state index in [-0.39, 0.29) is 32.6 Å². The largest absolute Gasteiger partial charge is 0.398 e. The smallest absolute Gasteiger partial charge is 0.244 e. The summed E-state index contributed by atoms with van der Waals surface area (Å²) in [4.78, 5) is -0.141. The van der Waals surface area contributed by atoms with Crippen molar-refractivity contribution in [3.63, 3.8) is 0 Å². The Bertz CT molecular complexity index is 1100. The first-order valence-electron chi connectivity index (χ1n) is 8.91. The van der Waals surface area contributed by atoms with Crippen LogP contribution in [-0.2, 0) is 16.6 Å². The second-order valence-corrected chi connectivity index (χ2v) is 9.75. The molecule has 1 atom stereocenters. The summed E-state index contributed by atoms with van der Waals surface area (Å²) in [6.07, 6.45) is 2.04. The minimum absolute atomic E-state index is 0.00210. The minimum atomic E-state index is -3.93. The number of nitrogens with one attached hydrogen (secondary N) is 1. The van der Waals surface area contributed by atoms with Gasteiger partial charge in [0.15, 0.2) is 0 Å². The molecule has 0 radical (unpaired) electrons. The lowest BCUT2D eigenvalue weighted by molar-refractivity contribution is 0.403. The number of hydrogen-bond acceptors (Lipinski definition) is 3. The maximum atomic E-state index is 13.0. The Morgan fingerprint density at radius 3 is 2.50 bits per heavy atom.